The van der Waals surface area contributed by atoms with Gasteiger partial charge in [0.25, 0.3) is 8.32 Å². The predicted molar refractivity (Wildman–Crippen MR) is 159 cm³/mol. The normalized spacial score (nSPS) is 11.9. The van der Waals surface area contributed by atoms with Gasteiger partial charge in [-0.05, 0) is 15.4 Å². The minimum atomic E-state index is -2.53. The van der Waals surface area contributed by atoms with Gasteiger partial charge in [0.1, 0.15) is 6.61 Å². The van der Waals surface area contributed by atoms with E-state index in [2.05, 4.69) is 75.9 Å². The minimum Gasteiger partial charge on any atom is -0.460 e. The topological polar surface area (TPSA) is 81.7 Å². The number of carbonyl (C=O) groups excluding carboxylic acids is 1. The Bertz CT molecular complexity index is 894. The van der Waals surface area contributed by atoms with Gasteiger partial charge in [-0.15, -0.1) is 0 Å². The molecule has 222 valence electrons. The van der Waals surface area contributed by atoms with Gasteiger partial charge in [-0.2, -0.15) is 0 Å². The molecule has 0 atom stereocenters. The Kier molecular flexibility index (Phi) is 16.6. The van der Waals surface area contributed by atoms with Crippen LogP contribution in [-0.2, 0) is 37.6 Å². The molecular formula is C31H46O8Si. The second kappa shape index (κ2) is 19.7. The van der Waals surface area contributed by atoms with Crippen LogP contribution in [-0.4, -0.2) is 93.6 Å². The number of carbonyl (C=O) groups is 1. The minimum absolute atomic E-state index is 0.0546. The molecule has 0 aliphatic carbocycles. The van der Waals surface area contributed by atoms with Crippen molar-refractivity contribution in [2.24, 2.45) is 0 Å². The van der Waals surface area contributed by atoms with Crippen LogP contribution in [0, 0.1) is 0 Å². The van der Waals surface area contributed by atoms with E-state index in [1.165, 1.54) is 10.4 Å². The van der Waals surface area contributed by atoms with E-state index >= 15 is 0 Å². The SMILES string of the molecule is C=CC(=O)OCCOCCOCCOCCOCCOCCO[Si](c1ccccc1)(c1ccccc1)C(C)(C)C. The van der Waals surface area contributed by atoms with Crippen LogP contribution < -0.4 is 10.4 Å². The predicted octanol–water partition coefficient (Wildman–Crippen LogP) is 3.38. The van der Waals surface area contributed by atoms with E-state index in [0.29, 0.717) is 72.7 Å². The third-order valence-corrected chi connectivity index (χ3v) is 11.1. The fourth-order valence-corrected chi connectivity index (χ4v) is 8.80. The molecule has 9 heteroatoms. The zero-order chi connectivity index (χ0) is 28.9. The van der Waals surface area contributed by atoms with Gasteiger partial charge in [0.15, 0.2) is 0 Å². The van der Waals surface area contributed by atoms with Crippen LogP contribution in [0.2, 0.25) is 5.04 Å². The van der Waals surface area contributed by atoms with E-state index < -0.39 is 14.3 Å². The highest BCUT2D eigenvalue weighted by atomic mass is 28.4. The number of ether oxygens (including phenoxy) is 6. The molecule has 0 fully saturated rings. The molecule has 0 saturated carbocycles. The van der Waals surface area contributed by atoms with E-state index in [0.717, 1.165) is 6.08 Å². The maximum atomic E-state index is 10.9. The molecule has 0 aliphatic rings. The molecule has 0 unspecified atom stereocenters. The van der Waals surface area contributed by atoms with Crippen molar-refractivity contribution in [2.75, 3.05) is 79.3 Å². The van der Waals surface area contributed by atoms with Crippen molar-refractivity contribution in [1.29, 1.82) is 0 Å². The van der Waals surface area contributed by atoms with Crippen LogP contribution in [0.1, 0.15) is 20.8 Å². The standard InChI is InChI=1S/C31H46O8Si/c1-5-30(32)38-26-24-36-22-20-34-18-16-33-17-19-35-21-23-37-25-27-39-40(31(2,3)4,28-12-8-6-9-13-28)29-14-10-7-11-15-29/h5-15H,1,16-27H2,2-4H3. The van der Waals surface area contributed by atoms with Gasteiger partial charge in [-0.25, -0.2) is 4.79 Å². The van der Waals surface area contributed by atoms with E-state index in [-0.39, 0.29) is 11.6 Å². The maximum Gasteiger partial charge on any atom is 0.330 e. The Morgan fingerprint density at radius 1 is 0.625 bits per heavy atom. The largest absolute Gasteiger partial charge is 0.460 e. The molecule has 0 N–H and O–H groups in total. The van der Waals surface area contributed by atoms with Crippen LogP contribution in [0.5, 0.6) is 0 Å². The molecule has 0 spiro atoms. The highest BCUT2D eigenvalue weighted by Crippen LogP contribution is 2.36. The molecule has 0 radical (unpaired) electrons. The average molecular weight is 575 g/mol. The number of rotatable bonds is 22. The first-order chi connectivity index (χ1) is 19.4. The van der Waals surface area contributed by atoms with Crippen molar-refractivity contribution in [1.82, 2.24) is 0 Å². The Hall–Kier alpha value is -2.37. The van der Waals surface area contributed by atoms with Crippen molar-refractivity contribution in [2.45, 2.75) is 25.8 Å². The van der Waals surface area contributed by atoms with Gasteiger partial charge in [-0.1, -0.05) is 88.0 Å². The molecule has 0 bridgehead atoms. The number of benzene rings is 2. The summed E-state index contributed by atoms with van der Waals surface area (Å²) in [5, 5.41) is 2.47. The summed E-state index contributed by atoms with van der Waals surface area (Å²) in [6, 6.07) is 21.2. The van der Waals surface area contributed by atoms with Gasteiger partial charge in [0.2, 0.25) is 0 Å². The van der Waals surface area contributed by atoms with Crippen LogP contribution >= 0.6 is 0 Å². The average Bonchev–Trinajstić information content (AvgIpc) is 2.96. The summed E-state index contributed by atoms with van der Waals surface area (Å²) in [5.74, 6) is -0.453. The highest BCUT2D eigenvalue weighted by molar-refractivity contribution is 6.99. The van der Waals surface area contributed by atoms with Gasteiger partial charge in [-0.3, -0.25) is 0 Å². The second-order valence-corrected chi connectivity index (χ2v) is 14.3. The molecule has 2 aromatic rings. The van der Waals surface area contributed by atoms with E-state index in [1.807, 2.05) is 12.1 Å². The van der Waals surface area contributed by atoms with E-state index in [1.54, 1.807) is 0 Å². The summed E-state index contributed by atoms with van der Waals surface area (Å²) in [6.45, 7) is 15.5. The van der Waals surface area contributed by atoms with Crippen molar-refractivity contribution in [3.05, 3.63) is 73.3 Å². The fourth-order valence-electron chi connectivity index (χ4n) is 4.26. The number of esters is 1. The van der Waals surface area contributed by atoms with Crippen molar-refractivity contribution in [3.8, 4) is 0 Å². The van der Waals surface area contributed by atoms with Crippen molar-refractivity contribution in [3.63, 3.8) is 0 Å². The Morgan fingerprint density at radius 3 is 1.32 bits per heavy atom. The molecule has 2 aromatic carbocycles. The molecule has 8 nitrogen and oxygen atoms in total. The summed E-state index contributed by atoms with van der Waals surface area (Å²) >= 11 is 0. The Labute approximate surface area is 240 Å². The third-order valence-electron chi connectivity index (χ3n) is 6.09. The summed E-state index contributed by atoms with van der Waals surface area (Å²) in [4.78, 5) is 10.9. The lowest BCUT2D eigenvalue weighted by Gasteiger charge is -2.43. The second-order valence-electron chi connectivity index (χ2n) is 9.95. The molecular weight excluding hydrogens is 528 g/mol. The summed E-state index contributed by atoms with van der Waals surface area (Å²) < 4.78 is 39.2. The van der Waals surface area contributed by atoms with Gasteiger partial charge in [0, 0.05) is 6.08 Å². The van der Waals surface area contributed by atoms with E-state index in [9.17, 15) is 4.79 Å². The summed E-state index contributed by atoms with van der Waals surface area (Å²) in [5.41, 5.74) is 0. The zero-order valence-corrected chi connectivity index (χ0v) is 25.3. The maximum absolute atomic E-state index is 10.9. The lowest BCUT2D eigenvalue weighted by Crippen LogP contribution is -2.66. The number of hydrogen-bond donors (Lipinski definition) is 0. The Morgan fingerprint density at radius 2 is 0.975 bits per heavy atom. The highest BCUT2D eigenvalue weighted by Gasteiger charge is 2.49. The molecule has 0 aromatic heterocycles. The summed E-state index contributed by atoms with van der Waals surface area (Å²) in [7, 11) is -2.53. The smallest absolute Gasteiger partial charge is 0.330 e. The first kappa shape index (κ1) is 33.8. The molecule has 0 amide bonds. The quantitative estimate of drug-likeness (QED) is 0.0917. The monoisotopic (exact) mass is 574 g/mol. The lowest BCUT2D eigenvalue weighted by atomic mass is 10.2. The molecule has 0 heterocycles. The first-order valence-electron chi connectivity index (χ1n) is 13.8. The molecule has 0 aliphatic heterocycles. The summed E-state index contributed by atoms with van der Waals surface area (Å²) in [6.07, 6.45) is 1.12. The molecule has 0 saturated heterocycles. The molecule has 2 rings (SSSR count). The van der Waals surface area contributed by atoms with E-state index in [4.69, 9.17) is 32.8 Å². The number of hydrogen-bond acceptors (Lipinski definition) is 8. The van der Waals surface area contributed by atoms with Crippen LogP contribution in [0.15, 0.2) is 73.3 Å². The van der Waals surface area contributed by atoms with Crippen LogP contribution in [0.3, 0.4) is 0 Å². The zero-order valence-electron chi connectivity index (χ0n) is 24.3. The van der Waals surface area contributed by atoms with Gasteiger partial charge < -0.3 is 32.8 Å². The Balaban J connectivity index is 1.54. The lowest BCUT2D eigenvalue weighted by molar-refractivity contribution is -0.139. The first-order valence-corrected chi connectivity index (χ1v) is 15.8. The van der Waals surface area contributed by atoms with Gasteiger partial charge >= 0.3 is 5.97 Å². The molecule has 40 heavy (non-hydrogen) atoms. The third kappa shape index (κ3) is 12.0. The van der Waals surface area contributed by atoms with Crippen LogP contribution in [0.25, 0.3) is 0 Å². The fraction of sp³-hybridized carbons (Fsp3) is 0.516. The van der Waals surface area contributed by atoms with Crippen molar-refractivity contribution >= 4 is 24.7 Å². The van der Waals surface area contributed by atoms with Crippen LogP contribution in [0.4, 0.5) is 0 Å². The van der Waals surface area contributed by atoms with Gasteiger partial charge in [0.05, 0.1) is 72.7 Å². The van der Waals surface area contributed by atoms with Crippen molar-refractivity contribution < 1.29 is 37.6 Å².